The lowest BCUT2D eigenvalue weighted by Crippen LogP contribution is -2.37. The quantitative estimate of drug-likeness (QED) is 0.464. The first-order valence-corrected chi connectivity index (χ1v) is 6.04. The molecule has 102 valence electrons. The zero-order valence-corrected chi connectivity index (χ0v) is 11.0. The number of unbranched alkanes of at least 4 members (excludes halogenated alkanes) is 1. The lowest BCUT2D eigenvalue weighted by Gasteiger charge is -2.22. The standard InChI is InChI=1S/C12H24O5/c1-4-16-11(14)12(2,3)17-10-9-15-8-6-5-7-13/h13H,4-10H2,1-3H3. The molecular formula is C12H24O5. The van der Waals surface area contributed by atoms with E-state index in [2.05, 4.69) is 0 Å². The van der Waals surface area contributed by atoms with Crippen molar-refractivity contribution in [2.75, 3.05) is 33.0 Å². The van der Waals surface area contributed by atoms with Crippen molar-refractivity contribution in [2.24, 2.45) is 0 Å². The monoisotopic (exact) mass is 248 g/mol. The average molecular weight is 248 g/mol. The van der Waals surface area contributed by atoms with Gasteiger partial charge in [0.05, 0.1) is 19.8 Å². The van der Waals surface area contributed by atoms with Gasteiger partial charge >= 0.3 is 5.97 Å². The molecule has 5 heteroatoms. The van der Waals surface area contributed by atoms with E-state index in [0.29, 0.717) is 26.4 Å². The molecule has 0 aromatic heterocycles. The van der Waals surface area contributed by atoms with Crippen LogP contribution in [0.1, 0.15) is 33.6 Å². The highest BCUT2D eigenvalue weighted by Gasteiger charge is 2.29. The normalized spacial score (nSPS) is 11.5. The van der Waals surface area contributed by atoms with Crippen molar-refractivity contribution in [1.82, 2.24) is 0 Å². The van der Waals surface area contributed by atoms with Crippen LogP contribution in [0.5, 0.6) is 0 Å². The number of ether oxygens (including phenoxy) is 3. The first-order valence-electron chi connectivity index (χ1n) is 6.04. The molecule has 1 N–H and O–H groups in total. The first kappa shape index (κ1) is 16.4. The number of rotatable bonds is 10. The highest BCUT2D eigenvalue weighted by Crippen LogP contribution is 2.11. The van der Waals surface area contributed by atoms with E-state index >= 15 is 0 Å². The number of hydrogen-bond donors (Lipinski definition) is 1. The van der Waals surface area contributed by atoms with Crippen LogP contribution >= 0.6 is 0 Å². The summed E-state index contributed by atoms with van der Waals surface area (Å²) in [6, 6.07) is 0. The smallest absolute Gasteiger partial charge is 0.337 e. The molecule has 0 aromatic rings. The minimum absolute atomic E-state index is 0.190. The number of aliphatic hydroxyl groups excluding tert-OH is 1. The van der Waals surface area contributed by atoms with Crippen LogP contribution in [0.4, 0.5) is 0 Å². The highest BCUT2D eigenvalue weighted by molar-refractivity contribution is 5.78. The van der Waals surface area contributed by atoms with Crippen molar-refractivity contribution in [3.63, 3.8) is 0 Å². The average Bonchev–Trinajstić information content (AvgIpc) is 2.28. The lowest BCUT2D eigenvalue weighted by atomic mass is 10.1. The molecule has 5 nitrogen and oxygen atoms in total. The fourth-order valence-corrected chi connectivity index (χ4v) is 1.14. The van der Waals surface area contributed by atoms with E-state index in [1.54, 1.807) is 20.8 Å². The predicted octanol–water partition coefficient (Wildman–Crippen LogP) is 1.13. The van der Waals surface area contributed by atoms with E-state index in [-0.39, 0.29) is 12.6 Å². The molecule has 0 heterocycles. The third-order valence-corrected chi connectivity index (χ3v) is 2.15. The molecule has 0 amide bonds. The topological polar surface area (TPSA) is 65.0 Å². The van der Waals surface area contributed by atoms with Gasteiger partial charge in [0.15, 0.2) is 5.60 Å². The van der Waals surface area contributed by atoms with E-state index in [0.717, 1.165) is 12.8 Å². The van der Waals surface area contributed by atoms with Crippen LogP contribution in [0, 0.1) is 0 Å². The summed E-state index contributed by atoms with van der Waals surface area (Å²) in [5.41, 5.74) is -0.926. The fourth-order valence-electron chi connectivity index (χ4n) is 1.14. The van der Waals surface area contributed by atoms with Gasteiger partial charge in [0.25, 0.3) is 0 Å². The van der Waals surface area contributed by atoms with Crippen molar-refractivity contribution in [2.45, 2.75) is 39.2 Å². The summed E-state index contributed by atoms with van der Waals surface area (Å²) in [7, 11) is 0. The van der Waals surface area contributed by atoms with Crippen LogP contribution in [-0.2, 0) is 19.0 Å². The van der Waals surface area contributed by atoms with Gasteiger partial charge in [-0.3, -0.25) is 0 Å². The molecule has 0 unspecified atom stereocenters. The molecule has 0 rings (SSSR count). The summed E-state index contributed by atoms with van der Waals surface area (Å²) in [5.74, 6) is -0.361. The maximum atomic E-state index is 11.5. The summed E-state index contributed by atoms with van der Waals surface area (Å²) in [4.78, 5) is 11.5. The van der Waals surface area contributed by atoms with Crippen molar-refractivity contribution in [3.8, 4) is 0 Å². The van der Waals surface area contributed by atoms with Crippen LogP contribution in [0.2, 0.25) is 0 Å². The van der Waals surface area contributed by atoms with Crippen LogP contribution in [0.25, 0.3) is 0 Å². The van der Waals surface area contributed by atoms with Gasteiger partial charge in [-0.05, 0) is 33.6 Å². The van der Waals surface area contributed by atoms with Crippen LogP contribution < -0.4 is 0 Å². The number of aliphatic hydroxyl groups is 1. The zero-order chi connectivity index (χ0) is 13.1. The summed E-state index contributed by atoms with van der Waals surface area (Å²) < 4.78 is 15.6. The molecule has 0 aliphatic carbocycles. The van der Waals surface area contributed by atoms with E-state index in [4.69, 9.17) is 19.3 Å². The minimum atomic E-state index is -0.926. The van der Waals surface area contributed by atoms with Crippen molar-refractivity contribution >= 4 is 5.97 Å². The Labute approximate surface area is 103 Å². The van der Waals surface area contributed by atoms with Gasteiger partial charge in [-0.1, -0.05) is 0 Å². The Hall–Kier alpha value is -0.650. The molecule has 0 aliphatic heterocycles. The molecule has 0 saturated carbocycles. The fraction of sp³-hybridized carbons (Fsp3) is 0.917. The van der Waals surface area contributed by atoms with E-state index in [1.807, 2.05) is 0 Å². The highest BCUT2D eigenvalue weighted by atomic mass is 16.6. The van der Waals surface area contributed by atoms with Gasteiger partial charge in [-0.2, -0.15) is 0 Å². The van der Waals surface area contributed by atoms with E-state index in [1.165, 1.54) is 0 Å². The molecule has 0 bridgehead atoms. The molecule has 0 saturated heterocycles. The molecule has 0 aliphatic rings. The van der Waals surface area contributed by atoms with Crippen LogP contribution in [0.3, 0.4) is 0 Å². The molecule has 17 heavy (non-hydrogen) atoms. The summed E-state index contributed by atoms with van der Waals surface area (Å²) in [5, 5.41) is 8.56. The van der Waals surface area contributed by atoms with Gasteiger partial charge in [-0.15, -0.1) is 0 Å². The Bertz CT molecular complexity index is 203. The second kappa shape index (κ2) is 9.39. The Balaban J connectivity index is 3.55. The van der Waals surface area contributed by atoms with Crippen molar-refractivity contribution in [1.29, 1.82) is 0 Å². The summed E-state index contributed by atoms with van der Waals surface area (Å²) >= 11 is 0. The van der Waals surface area contributed by atoms with E-state index < -0.39 is 5.60 Å². The summed E-state index contributed by atoms with van der Waals surface area (Å²) in [6.45, 7) is 7.05. The molecular weight excluding hydrogens is 224 g/mol. The van der Waals surface area contributed by atoms with Crippen LogP contribution in [-0.4, -0.2) is 49.7 Å². The van der Waals surface area contributed by atoms with Gasteiger partial charge in [0.1, 0.15) is 0 Å². The number of carbonyl (C=O) groups is 1. The predicted molar refractivity (Wildman–Crippen MR) is 63.8 cm³/mol. The lowest BCUT2D eigenvalue weighted by molar-refractivity contribution is -0.169. The number of hydrogen-bond acceptors (Lipinski definition) is 5. The van der Waals surface area contributed by atoms with Crippen LogP contribution in [0.15, 0.2) is 0 Å². The molecule has 0 radical (unpaired) electrons. The Morgan fingerprint density at radius 3 is 2.47 bits per heavy atom. The van der Waals surface area contributed by atoms with Gasteiger partial charge in [0, 0.05) is 13.2 Å². The van der Waals surface area contributed by atoms with Gasteiger partial charge in [-0.25, -0.2) is 4.79 Å². The Morgan fingerprint density at radius 1 is 1.18 bits per heavy atom. The summed E-state index contributed by atoms with van der Waals surface area (Å²) in [6.07, 6.45) is 1.58. The maximum absolute atomic E-state index is 11.5. The second-order valence-corrected chi connectivity index (χ2v) is 4.12. The number of esters is 1. The molecule has 0 atom stereocenters. The zero-order valence-electron chi connectivity index (χ0n) is 11.0. The molecule has 0 fully saturated rings. The third-order valence-electron chi connectivity index (χ3n) is 2.15. The Morgan fingerprint density at radius 2 is 1.88 bits per heavy atom. The molecule has 0 spiro atoms. The van der Waals surface area contributed by atoms with Gasteiger partial charge < -0.3 is 19.3 Å². The number of carbonyl (C=O) groups excluding carboxylic acids is 1. The minimum Gasteiger partial charge on any atom is -0.464 e. The molecule has 0 aromatic carbocycles. The third kappa shape index (κ3) is 8.12. The van der Waals surface area contributed by atoms with Crippen molar-refractivity contribution in [3.05, 3.63) is 0 Å². The maximum Gasteiger partial charge on any atom is 0.337 e. The van der Waals surface area contributed by atoms with Gasteiger partial charge in [0.2, 0.25) is 0 Å². The first-order chi connectivity index (χ1) is 8.04. The largest absolute Gasteiger partial charge is 0.464 e. The van der Waals surface area contributed by atoms with Crippen molar-refractivity contribution < 1.29 is 24.1 Å². The second-order valence-electron chi connectivity index (χ2n) is 4.12. The Kier molecular flexibility index (Phi) is 9.03. The SMILES string of the molecule is CCOC(=O)C(C)(C)OCCOCCCCO. The van der Waals surface area contributed by atoms with E-state index in [9.17, 15) is 4.79 Å².